The molecule has 0 aliphatic carbocycles. The lowest BCUT2D eigenvalue weighted by Gasteiger charge is -2.33. The van der Waals surface area contributed by atoms with E-state index in [0.717, 1.165) is 4.68 Å². The molecule has 1 aliphatic rings. The maximum atomic E-state index is 13.7. The van der Waals surface area contributed by atoms with Crippen LogP contribution in [0.1, 0.15) is 34.6 Å². The number of alkyl halides is 3. The number of anilines is 1. The Balaban J connectivity index is 1.96. The Labute approximate surface area is 158 Å². The monoisotopic (exact) mass is 402 g/mol. The van der Waals surface area contributed by atoms with E-state index >= 15 is 0 Å². The van der Waals surface area contributed by atoms with Crippen molar-refractivity contribution in [3.05, 3.63) is 46.6 Å². The van der Waals surface area contributed by atoms with Crippen molar-refractivity contribution >= 4 is 23.3 Å². The van der Waals surface area contributed by atoms with Gasteiger partial charge in [-0.25, -0.2) is 4.68 Å². The van der Waals surface area contributed by atoms with E-state index < -0.39 is 24.2 Å². The standard InChI is InChI=1S/C17H18ClF3N4O2/c1-27-8-7-22-16(26)14-13(18)15-23-11(10-5-3-2-4-6-10)9-12(17(19,20)21)25(15)24-14/h2-6,11-12,23H,7-9H2,1H3,(H,22,26)/t11-,12+/m0/s1. The van der Waals surface area contributed by atoms with E-state index in [1.54, 1.807) is 30.3 Å². The molecule has 0 fully saturated rings. The van der Waals surface area contributed by atoms with Crippen molar-refractivity contribution in [1.82, 2.24) is 15.1 Å². The molecule has 1 aromatic heterocycles. The van der Waals surface area contributed by atoms with Crippen molar-refractivity contribution in [1.29, 1.82) is 0 Å². The molecule has 2 atom stereocenters. The molecule has 0 saturated carbocycles. The number of hydrogen-bond donors (Lipinski definition) is 2. The summed E-state index contributed by atoms with van der Waals surface area (Å²) in [6.45, 7) is 0.451. The number of carbonyl (C=O) groups excluding carboxylic acids is 1. The average Bonchev–Trinajstić information content (AvgIpc) is 2.98. The lowest BCUT2D eigenvalue weighted by Crippen LogP contribution is -2.36. The normalized spacial score (nSPS) is 19.3. The van der Waals surface area contributed by atoms with E-state index in [1.165, 1.54) is 7.11 Å². The van der Waals surface area contributed by atoms with Gasteiger partial charge in [-0.3, -0.25) is 4.79 Å². The number of hydrogen-bond acceptors (Lipinski definition) is 4. The van der Waals surface area contributed by atoms with E-state index in [2.05, 4.69) is 15.7 Å². The number of fused-ring (bicyclic) bond motifs is 1. The van der Waals surface area contributed by atoms with Crippen LogP contribution in [0, 0.1) is 0 Å². The first-order valence-electron chi connectivity index (χ1n) is 8.26. The smallest absolute Gasteiger partial charge is 0.383 e. The number of nitrogens with zero attached hydrogens (tertiary/aromatic N) is 2. The number of nitrogens with one attached hydrogen (secondary N) is 2. The van der Waals surface area contributed by atoms with Crippen molar-refractivity contribution in [3.63, 3.8) is 0 Å². The third kappa shape index (κ3) is 4.03. The number of halogens is 4. The highest BCUT2D eigenvalue weighted by atomic mass is 35.5. The number of rotatable bonds is 5. The highest BCUT2D eigenvalue weighted by Crippen LogP contribution is 2.46. The Morgan fingerprint density at radius 1 is 1.41 bits per heavy atom. The van der Waals surface area contributed by atoms with Crippen LogP contribution in [0.2, 0.25) is 5.02 Å². The Morgan fingerprint density at radius 2 is 2.11 bits per heavy atom. The van der Waals surface area contributed by atoms with Gasteiger partial charge in [0.1, 0.15) is 10.8 Å². The maximum Gasteiger partial charge on any atom is 0.410 e. The fourth-order valence-electron chi connectivity index (χ4n) is 2.99. The molecule has 1 aromatic carbocycles. The summed E-state index contributed by atoms with van der Waals surface area (Å²) >= 11 is 6.21. The molecule has 0 bridgehead atoms. The molecule has 146 valence electrons. The van der Waals surface area contributed by atoms with Gasteiger partial charge < -0.3 is 15.4 Å². The minimum Gasteiger partial charge on any atom is -0.383 e. The largest absolute Gasteiger partial charge is 0.410 e. The van der Waals surface area contributed by atoms with Crippen molar-refractivity contribution in [2.75, 3.05) is 25.6 Å². The molecular weight excluding hydrogens is 385 g/mol. The second-order valence-corrected chi connectivity index (χ2v) is 6.48. The molecule has 1 aliphatic heterocycles. The summed E-state index contributed by atoms with van der Waals surface area (Å²) in [4.78, 5) is 12.2. The summed E-state index contributed by atoms with van der Waals surface area (Å²) in [6, 6.07) is 6.27. The zero-order valence-electron chi connectivity index (χ0n) is 14.4. The minimum atomic E-state index is -4.54. The third-order valence-electron chi connectivity index (χ3n) is 4.30. The van der Waals surface area contributed by atoms with E-state index in [0.29, 0.717) is 5.56 Å². The summed E-state index contributed by atoms with van der Waals surface area (Å²) in [5, 5.41) is 9.22. The first kappa shape index (κ1) is 19.5. The van der Waals surface area contributed by atoms with Gasteiger partial charge in [-0.15, -0.1) is 0 Å². The van der Waals surface area contributed by atoms with Crippen LogP contribution in [0.3, 0.4) is 0 Å². The van der Waals surface area contributed by atoms with E-state index in [9.17, 15) is 18.0 Å². The van der Waals surface area contributed by atoms with Crippen molar-refractivity contribution in [2.24, 2.45) is 0 Å². The van der Waals surface area contributed by atoms with Gasteiger partial charge >= 0.3 is 6.18 Å². The highest BCUT2D eigenvalue weighted by molar-refractivity contribution is 6.36. The predicted octanol–water partition coefficient (Wildman–Crippen LogP) is 3.57. The van der Waals surface area contributed by atoms with Gasteiger partial charge in [0.2, 0.25) is 0 Å². The molecule has 10 heteroatoms. The van der Waals surface area contributed by atoms with Crippen LogP contribution < -0.4 is 10.6 Å². The molecule has 0 unspecified atom stereocenters. The lowest BCUT2D eigenvalue weighted by molar-refractivity contribution is -0.173. The van der Waals surface area contributed by atoms with E-state index in [-0.39, 0.29) is 36.1 Å². The van der Waals surface area contributed by atoms with Crippen LogP contribution in [-0.2, 0) is 4.74 Å². The van der Waals surface area contributed by atoms with Gasteiger partial charge in [0.15, 0.2) is 11.7 Å². The van der Waals surface area contributed by atoms with Gasteiger partial charge in [0, 0.05) is 20.1 Å². The zero-order valence-corrected chi connectivity index (χ0v) is 15.1. The molecular formula is C17H18ClF3N4O2. The Bertz CT molecular complexity index is 811. The van der Waals surface area contributed by atoms with Crippen LogP contribution in [0.5, 0.6) is 0 Å². The average molecular weight is 403 g/mol. The lowest BCUT2D eigenvalue weighted by atomic mass is 9.97. The summed E-state index contributed by atoms with van der Waals surface area (Å²) < 4.78 is 46.5. The molecule has 0 saturated heterocycles. The number of benzene rings is 1. The molecule has 2 aromatic rings. The van der Waals surface area contributed by atoms with Crippen LogP contribution >= 0.6 is 11.6 Å². The topological polar surface area (TPSA) is 68.2 Å². The second-order valence-electron chi connectivity index (χ2n) is 6.11. The number of methoxy groups -OCH3 is 1. The minimum absolute atomic E-state index is 0.0176. The first-order chi connectivity index (χ1) is 12.8. The Hall–Kier alpha value is -2.26. The molecule has 3 rings (SSSR count). The molecule has 27 heavy (non-hydrogen) atoms. The molecule has 2 heterocycles. The van der Waals surface area contributed by atoms with E-state index in [1.807, 2.05) is 0 Å². The predicted molar refractivity (Wildman–Crippen MR) is 94.0 cm³/mol. The van der Waals surface area contributed by atoms with Crippen LogP contribution in [0.25, 0.3) is 0 Å². The van der Waals surface area contributed by atoms with E-state index in [4.69, 9.17) is 16.3 Å². The number of carbonyl (C=O) groups is 1. The van der Waals surface area contributed by atoms with Gasteiger partial charge in [-0.05, 0) is 5.56 Å². The summed E-state index contributed by atoms with van der Waals surface area (Å²) in [5.41, 5.74) is 0.444. The number of ether oxygens (including phenoxy) is 1. The van der Waals surface area contributed by atoms with Crippen molar-refractivity contribution < 1.29 is 22.7 Å². The summed E-state index contributed by atoms with van der Waals surface area (Å²) in [6.07, 6.45) is -4.80. The zero-order chi connectivity index (χ0) is 19.6. The van der Waals surface area contributed by atoms with Crippen LogP contribution in [0.15, 0.2) is 30.3 Å². The van der Waals surface area contributed by atoms with Crippen LogP contribution in [0.4, 0.5) is 19.0 Å². The Morgan fingerprint density at radius 3 is 2.74 bits per heavy atom. The number of amides is 1. The molecule has 0 spiro atoms. The van der Waals surface area contributed by atoms with Gasteiger partial charge in [0.05, 0.1) is 12.6 Å². The molecule has 2 N–H and O–H groups in total. The van der Waals surface area contributed by atoms with Gasteiger partial charge in [-0.2, -0.15) is 18.3 Å². The van der Waals surface area contributed by atoms with Crippen molar-refractivity contribution in [3.8, 4) is 0 Å². The Kier molecular flexibility index (Phi) is 5.61. The summed E-state index contributed by atoms with van der Waals surface area (Å²) in [5.74, 6) is -0.672. The van der Waals surface area contributed by atoms with Gasteiger partial charge in [-0.1, -0.05) is 41.9 Å². The molecule has 1 amide bonds. The first-order valence-corrected chi connectivity index (χ1v) is 8.64. The second kappa shape index (κ2) is 7.77. The fraction of sp³-hybridized carbons (Fsp3) is 0.412. The summed E-state index contributed by atoms with van der Waals surface area (Å²) in [7, 11) is 1.47. The maximum absolute atomic E-state index is 13.7. The SMILES string of the molecule is COCCNC(=O)c1nn2c(c1Cl)N[C@H](c1ccccc1)C[C@@H]2C(F)(F)F. The highest BCUT2D eigenvalue weighted by Gasteiger charge is 2.47. The fourth-order valence-corrected chi connectivity index (χ4v) is 3.25. The number of aromatic nitrogens is 2. The van der Waals surface area contributed by atoms with Gasteiger partial charge in [0.25, 0.3) is 5.91 Å². The van der Waals surface area contributed by atoms with Crippen molar-refractivity contribution in [2.45, 2.75) is 24.7 Å². The van der Waals surface area contributed by atoms with Crippen LogP contribution in [-0.4, -0.2) is 42.1 Å². The third-order valence-corrected chi connectivity index (χ3v) is 4.66. The molecule has 0 radical (unpaired) electrons. The molecule has 6 nitrogen and oxygen atoms in total. The quantitative estimate of drug-likeness (QED) is 0.750.